The van der Waals surface area contributed by atoms with Crippen LogP contribution < -0.4 is 5.73 Å². The fourth-order valence-electron chi connectivity index (χ4n) is 3.37. The molecule has 2 heteroatoms. The summed E-state index contributed by atoms with van der Waals surface area (Å²) in [6.07, 6.45) is 4.49. The second kappa shape index (κ2) is 8.43. The van der Waals surface area contributed by atoms with Crippen LogP contribution in [0.3, 0.4) is 0 Å². The van der Waals surface area contributed by atoms with E-state index in [1.54, 1.807) is 0 Å². The second-order valence-corrected chi connectivity index (χ2v) is 5.68. The largest absolute Gasteiger partial charge is 0.320 e. The quantitative estimate of drug-likeness (QED) is 0.734. The molecule has 0 heterocycles. The van der Waals surface area contributed by atoms with Gasteiger partial charge in [-0.1, -0.05) is 70.9 Å². The Hall–Kier alpha value is -0.860. The molecule has 1 aromatic carbocycles. The van der Waals surface area contributed by atoms with Gasteiger partial charge in [0.05, 0.1) is 5.54 Å². The fraction of sp³-hybridized carbons (Fsp3) is 0.667. The van der Waals surface area contributed by atoms with E-state index in [-0.39, 0.29) is 5.54 Å². The molecule has 0 aliphatic rings. The molecule has 0 bridgehead atoms. The van der Waals surface area contributed by atoms with E-state index < -0.39 is 0 Å². The van der Waals surface area contributed by atoms with Gasteiger partial charge in [-0.2, -0.15) is 0 Å². The molecule has 114 valence electrons. The van der Waals surface area contributed by atoms with E-state index in [1.165, 1.54) is 12.0 Å². The lowest BCUT2D eigenvalue weighted by atomic mass is 9.77. The molecule has 2 atom stereocenters. The van der Waals surface area contributed by atoms with Gasteiger partial charge in [0, 0.05) is 6.04 Å². The van der Waals surface area contributed by atoms with Crippen LogP contribution in [-0.2, 0) is 5.54 Å². The highest BCUT2D eigenvalue weighted by Gasteiger charge is 2.37. The topological polar surface area (TPSA) is 29.3 Å². The van der Waals surface area contributed by atoms with Crippen LogP contribution in [0.4, 0.5) is 0 Å². The van der Waals surface area contributed by atoms with E-state index in [0.717, 1.165) is 32.4 Å². The average Bonchev–Trinajstić information content (AvgIpc) is 2.48. The van der Waals surface area contributed by atoms with Gasteiger partial charge >= 0.3 is 0 Å². The molecule has 20 heavy (non-hydrogen) atoms. The molecule has 2 unspecified atom stereocenters. The third-order valence-electron chi connectivity index (χ3n) is 4.38. The van der Waals surface area contributed by atoms with Gasteiger partial charge in [0.1, 0.15) is 0 Å². The van der Waals surface area contributed by atoms with Gasteiger partial charge in [-0.15, -0.1) is 0 Å². The van der Waals surface area contributed by atoms with Crippen LogP contribution in [0.1, 0.15) is 58.9 Å². The summed E-state index contributed by atoms with van der Waals surface area (Å²) < 4.78 is 0. The van der Waals surface area contributed by atoms with Crippen LogP contribution in [0.5, 0.6) is 0 Å². The normalized spacial score (nSPS) is 16.1. The standard InChI is InChI=1S/C18H32N2/c1-5-12-17(20(7-3)8-4)18(19,15-6-2)16-13-10-9-11-14-16/h9-11,13-14,17H,5-8,12,15,19H2,1-4H3. The summed E-state index contributed by atoms with van der Waals surface area (Å²) >= 11 is 0. The number of nitrogens with two attached hydrogens (primary N) is 1. The van der Waals surface area contributed by atoms with Crippen molar-refractivity contribution in [2.45, 2.75) is 65.0 Å². The SMILES string of the molecule is CCCC(N(CC)CC)C(N)(CCC)c1ccccc1. The van der Waals surface area contributed by atoms with Crippen LogP contribution in [0.25, 0.3) is 0 Å². The first-order valence-electron chi connectivity index (χ1n) is 8.22. The Kier molecular flexibility index (Phi) is 7.25. The van der Waals surface area contributed by atoms with Gasteiger partial charge < -0.3 is 5.73 Å². The number of nitrogens with zero attached hydrogens (tertiary/aromatic N) is 1. The molecule has 0 saturated heterocycles. The van der Waals surface area contributed by atoms with Crippen molar-refractivity contribution >= 4 is 0 Å². The van der Waals surface area contributed by atoms with Crippen molar-refractivity contribution in [3.05, 3.63) is 35.9 Å². The molecule has 1 rings (SSSR count). The zero-order valence-electron chi connectivity index (χ0n) is 13.7. The molecular weight excluding hydrogens is 244 g/mol. The molecule has 0 spiro atoms. The average molecular weight is 276 g/mol. The molecule has 2 nitrogen and oxygen atoms in total. The number of rotatable bonds is 9. The van der Waals surface area contributed by atoms with Gasteiger partial charge in [0.15, 0.2) is 0 Å². The summed E-state index contributed by atoms with van der Waals surface area (Å²) in [4.78, 5) is 2.53. The Morgan fingerprint density at radius 1 is 1.00 bits per heavy atom. The Morgan fingerprint density at radius 2 is 1.60 bits per heavy atom. The van der Waals surface area contributed by atoms with E-state index in [0.29, 0.717) is 6.04 Å². The summed E-state index contributed by atoms with van der Waals surface area (Å²) in [6, 6.07) is 11.1. The summed E-state index contributed by atoms with van der Waals surface area (Å²) in [6.45, 7) is 11.1. The number of hydrogen-bond acceptors (Lipinski definition) is 2. The van der Waals surface area contributed by atoms with Crippen molar-refractivity contribution in [3.63, 3.8) is 0 Å². The molecule has 0 aliphatic heterocycles. The summed E-state index contributed by atoms with van der Waals surface area (Å²) in [5.74, 6) is 0. The third kappa shape index (κ3) is 3.83. The van der Waals surface area contributed by atoms with Crippen molar-refractivity contribution in [1.29, 1.82) is 0 Å². The minimum atomic E-state index is -0.238. The van der Waals surface area contributed by atoms with E-state index in [2.05, 4.69) is 62.9 Å². The smallest absolute Gasteiger partial charge is 0.0567 e. The van der Waals surface area contributed by atoms with E-state index in [9.17, 15) is 0 Å². The highest BCUT2D eigenvalue weighted by atomic mass is 15.2. The molecule has 0 aliphatic carbocycles. The first kappa shape index (κ1) is 17.2. The Morgan fingerprint density at radius 3 is 2.05 bits per heavy atom. The minimum absolute atomic E-state index is 0.238. The summed E-state index contributed by atoms with van der Waals surface area (Å²) in [5.41, 5.74) is 8.02. The lowest BCUT2D eigenvalue weighted by Gasteiger charge is -2.44. The lowest BCUT2D eigenvalue weighted by molar-refractivity contribution is 0.112. The highest BCUT2D eigenvalue weighted by molar-refractivity contribution is 5.26. The maximum Gasteiger partial charge on any atom is 0.0567 e. The highest BCUT2D eigenvalue weighted by Crippen LogP contribution is 2.33. The Bertz CT molecular complexity index is 359. The van der Waals surface area contributed by atoms with Crippen LogP contribution in [0.15, 0.2) is 30.3 Å². The maximum atomic E-state index is 6.97. The Balaban J connectivity index is 3.18. The van der Waals surface area contributed by atoms with Gasteiger partial charge in [0.25, 0.3) is 0 Å². The molecule has 2 N–H and O–H groups in total. The van der Waals surface area contributed by atoms with Crippen molar-refractivity contribution in [3.8, 4) is 0 Å². The molecular formula is C18H32N2. The zero-order valence-corrected chi connectivity index (χ0v) is 13.7. The van der Waals surface area contributed by atoms with E-state index in [1.807, 2.05) is 0 Å². The van der Waals surface area contributed by atoms with Crippen LogP contribution in [0.2, 0.25) is 0 Å². The monoisotopic (exact) mass is 276 g/mol. The Labute approximate surface area is 125 Å². The number of likely N-dealkylation sites (N-methyl/N-ethyl adjacent to an activating group) is 1. The lowest BCUT2D eigenvalue weighted by Crippen LogP contribution is -2.56. The summed E-state index contributed by atoms with van der Waals surface area (Å²) in [7, 11) is 0. The molecule has 0 amide bonds. The van der Waals surface area contributed by atoms with Gasteiger partial charge in [-0.3, -0.25) is 4.90 Å². The zero-order chi connectivity index (χ0) is 15.0. The molecule has 1 aromatic rings. The third-order valence-corrected chi connectivity index (χ3v) is 4.38. The second-order valence-electron chi connectivity index (χ2n) is 5.68. The molecule has 0 aromatic heterocycles. The van der Waals surface area contributed by atoms with Crippen LogP contribution in [0, 0.1) is 0 Å². The fourth-order valence-corrected chi connectivity index (χ4v) is 3.37. The van der Waals surface area contributed by atoms with Crippen molar-refractivity contribution < 1.29 is 0 Å². The maximum absolute atomic E-state index is 6.97. The number of benzene rings is 1. The van der Waals surface area contributed by atoms with Crippen LogP contribution >= 0.6 is 0 Å². The first-order chi connectivity index (χ1) is 9.63. The molecule has 0 radical (unpaired) electrons. The first-order valence-corrected chi connectivity index (χ1v) is 8.22. The van der Waals surface area contributed by atoms with Gasteiger partial charge in [-0.25, -0.2) is 0 Å². The van der Waals surface area contributed by atoms with Crippen LogP contribution in [-0.4, -0.2) is 24.0 Å². The van der Waals surface area contributed by atoms with Crippen molar-refractivity contribution in [1.82, 2.24) is 4.90 Å². The molecule has 0 saturated carbocycles. The van der Waals surface area contributed by atoms with Gasteiger partial charge in [-0.05, 0) is 31.5 Å². The number of hydrogen-bond donors (Lipinski definition) is 1. The van der Waals surface area contributed by atoms with Crippen molar-refractivity contribution in [2.24, 2.45) is 5.73 Å². The summed E-state index contributed by atoms with van der Waals surface area (Å²) in [5, 5.41) is 0. The van der Waals surface area contributed by atoms with E-state index in [4.69, 9.17) is 5.73 Å². The van der Waals surface area contributed by atoms with E-state index >= 15 is 0 Å². The molecule has 0 fully saturated rings. The van der Waals surface area contributed by atoms with Gasteiger partial charge in [0.2, 0.25) is 0 Å². The minimum Gasteiger partial charge on any atom is -0.320 e. The predicted molar refractivity (Wildman–Crippen MR) is 88.8 cm³/mol. The predicted octanol–water partition coefficient (Wildman–Crippen LogP) is 4.15. The van der Waals surface area contributed by atoms with Crippen molar-refractivity contribution in [2.75, 3.05) is 13.1 Å².